The Morgan fingerprint density at radius 1 is 1.32 bits per heavy atom. The second-order valence-corrected chi connectivity index (χ2v) is 6.05. The maximum absolute atomic E-state index is 12.3. The van der Waals surface area contributed by atoms with Crippen molar-refractivity contribution in [2.45, 2.75) is 18.9 Å². The number of H-pyrrole nitrogens is 1. The summed E-state index contributed by atoms with van der Waals surface area (Å²) in [4.78, 5) is 25.7. The van der Waals surface area contributed by atoms with Gasteiger partial charge in [0.15, 0.2) is 0 Å². The van der Waals surface area contributed by atoms with Crippen LogP contribution in [0.4, 0.5) is 0 Å². The molecule has 25 heavy (non-hydrogen) atoms. The number of aromatic nitrogens is 2. The summed E-state index contributed by atoms with van der Waals surface area (Å²) in [5, 5.41) is 8.97. The second-order valence-electron chi connectivity index (χ2n) is 6.05. The van der Waals surface area contributed by atoms with Crippen LogP contribution < -0.4 is 15.6 Å². The number of carbonyl (C=O) groups excluding carboxylic acids is 1. The van der Waals surface area contributed by atoms with E-state index in [1.54, 1.807) is 7.11 Å². The van der Waals surface area contributed by atoms with Crippen LogP contribution >= 0.6 is 0 Å². The van der Waals surface area contributed by atoms with Crippen LogP contribution in [-0.4, -0.2) is 47.7 Å². The second kappa shape index (κ2) is 7.94. The van der Waals surface area contributed by atoms with E-state index in [-0.39, 0.29) is 23.2 Å². The van der Waals surface area contributed by atoms with E-state index < -0.39 is 0 Å². The van der Waals surface area contributed by atoms with Crippen molar-refractivity contribution in [2.24, 2.45) is 0 Å². The van der Waals surface area contributed by atoms with E-state index in [2.05, 4.69) is 26.5 Å². The predicted molar refractivity (Wildman–Crippen MR) is 93.7 cm³/mol. The average molecular weight is 342 g/mol. The molecule has 2 aromatic rings. The van der Waals surface area contributed by atoms with Crippen LogP contribution in [0, 0.1) is 0 Å². The summed E-state index contributed by atoms with van der Waals surface area (Å²) in [7, 11) is 1.65. The third-order valence-corrected chi connectivity index (χ3v) is 4.43. The minimum absolute atomic E-state index is 0.0734. The summed E-state index contributed by atoms with van der Waals surface area (Å²) in [6, 6.07) is 10.7. The first-order valence-electron chi connectivity index (χ1n) is 8.39. The number of amides is 1. The van der Waals surface area contributed by atoms with Crippen molar-refractivity contribution in [2.75, 3.05) is 26.7 Å². The Balaban J connectivity index is 1.74. The SMILES string of the molecule is COc1cccc(C(CNC(=O)c2ccc(=O)[nH]n2)N2CCCC2)c1. The highest BCUT2D eigenvalue weighted by atomic mass is 16.5. The topological polar surface area (TPSA) is 87.3 Å². The van der Waals surface area contributed by atoms with Crippen molar-refractivity contribution in [3.8, 4) is 5.75 Å². The molecule has 2 N–H and O–H groups in total. The van der Waals surface area contributed by atoms with Crippen LogP contribution in [0.15, 0.2) is 41.2 Å². The summed E-state index contributed by atoms with van der Waals surface area (Å²) in [5.41, 5.74) is 0.976. The van der Waals surface area contributed by atoms with E-state index in [9.17, 15) is 9.59 Å². The Labute approximate surface area is 146 Å². The fraction of sp³-hybridized carbons (Fsp3) is 0.389. The lowest BCUT2D eigenvalue weighted by molar-refractivity contribution is 0.0932. The molecule has 7 nitrogen and oxygen atoms in total. The van der Waals surface area contributed by atoms with Gasteiger partial charge < -0.3 is 10.1 Å². The van der Waals surface area contributed by atoms with E-state index in [1.807, 2.05) is 18.2 Å². The molecule has 0 radical (unpaired) electrons. The third kappa shape index (κ3) is 4.24. The fourth-order valence-corrected chi connectivity index (χ4v) is 3.11. The van der Waals surface area contributed by atoms with Crippen LogP contribution in [0.1, 0.15) is 34.9 Å². The molecule has 1 atom stereocenters. The number of carbonyl (C=O) groups is 1. The van der Waals surface area contributed by atoms with E-state index in [4.69, 9.17) is 4.74 Å². The lowest BCUT2D eigenvalue weighted by Gasteiger charge is -2.28. The Morgan fingerprint density at radius 3 is 2.80 bits per heavy atom. The van der Waals surface area contributed by atoms with Crippen LogP contribution in [0.5, 0.6) is 5.75 Å². The molecule has 2 heterocycles. The van der Waals surface area contributed by atoms with Gasteiger partial charge in [0.05, 0.1) is 13.2 Å². The molecular formula is C18H22N4O3. The Hall–Kier alpha value is -2.67. The monoisotopic (exact) mass is 342 g/mol. The standard InChI is InChI=1S/C18H22N4O3/c1-25-14-6-4-5-13(11-14)16(22-9-2-3-10-22)12-19-18(24)15-7-8-17(23)21-20-15/h4-8,11,16H,2-3,9-10,12H2,1H3,(H,19,24)(H,21,23). The van der Waals surface area contributed by atoms with Crippen molar-refractivity contribution >= 4 is 5.91 Å². The number of ether oxygens (including phenoxy) is 1. The summed E-state index contributed by atoms with van der Waals surface area (Å²) >= 11 is 0. The first-order valence-corrected chi connectivity index (χ1v) is 8.39. The fourth-order valence-electron chi connectivity index (χ4n) is 3.11. The van der Waals surface area contributed by atoms with Gasteiger partial charge in [-0.3, -0.25) is 14.5 Å². The molecule has 132 valence electrons. The van der Waals surface area contributed by atoms with Gasteiger partial charge in [-0.25, -0.2) is 5.10 Å². The molecule has 3 rings (SSSR count). The zero-order valence-electron chi connectivity index (χ0n) is 14.2. The zero-order valence-corrected chi connectivity index (χ0v) is 14.2. The Bertz CT molecular complexity index is 763. The number of nitrogens with zero attached hydrogens (tertiary/aromatic N) is 2. The highest BCUT2D eigenvalue weighted by molar-refractivity contribution is 5.91. The zero-order chi connectivity index (χ0) is 17.6. The minimum Gasteiger partial charge on any atom is -0.497 e. The number of aromatic amines is 1. The van der Waals surface area contributed by atoms with Gasteiger partial charge in [0.2, 0.25) is 0 Å². The van der Waals surface area contributed by atoms with Gasteiger partial charge >= 0.3 is 0 Å². The van der Waals surface area contributed by atoms with Crippen LogP contribution in [-0.2, 0) is 0 Å². The molecule has 0 saturated carbocycles. The quantitative estimate of drug-likeness (QED) is 0.827. The molecule has 0 spiro atoms. The van der Waals surface area contributed by atoms with Crippen molar-refractivity contribution in [3.05, 3.63) is 58.0 Å². The Morgan fingerprint density at radius 2 is 2.12 bits per heavy atom. The number of likely N-dealkylation sites (tertiary alicyclic amines) is 1. The normalized spacial score (nSPS) is 15.7. The molecule has 1 fully saturated rings. The molecule has 1 aromatic carbocycles. The van der Waals surface area contributed by atoms with E-state index >= 15 is 0 Å². The van der Waals surface area contributed by atoms with Gasteiger partial charge in [0.1, 0.15) is 11.4 Å². The van der Waals surface area contributed by atoms with Gasteiger partial charge in [0, 0.05) is 12.6 Å². The van der Waals surface area contributed by atoms with Crippen LogP contribution in [0.2, 0.25) is 0 Å². The van der Waals surface area contributed by atoms with Gasteiger partial charge in [-0.1, -0.05) is 12.1 Å². The van der Waals surface area contributed by atoms with E-state index in [1.165, 1.54) is 12.1 Å². The summed E-state index contributed by atoms with van der Waals surface area (Å²) in [6.07, 6.45) is 2.33. The highest BCUT2D eigenvalue weighted by Crippen LogP contribution is 2.27. The molecule has 0 aliphatic carbocycles. The number of hydrogen-bond donors (Lipinski definition) is 2. The van der Waals surface area contributed by atoms with E-state index in [0.29, 0.717) is 6.54 Å². The van der Waals surface area contributed by atoms with Crippen LogP contribution in [0.25, 0.3) is 0 Å². The maximum atomic E-state index is 12.3. The maximum Gasteiger partial charge on any atom is 0.271 e. The van der Waals surface area contributed by atoms with Gasteiger partial charge in [-0.2, -0.15) is 5.10 Å². The molecule has 1 aliphatic rings. The number of rotatable bonds is 6. The molecule has 7 heteroatoms. The third-order valence-electron chi connectivity index (χ3n) is 4.43. The average Bonchev–Trinajstić information content (AvgIpc) is 3.17. The van der Waals surface area contributed by atoms with Gasteiger partial charge in [0.25, 0.3) is 11.5 Å². The van der Waals surface area contributed by atoms with Gasteiger partial charge in [-0.15, -0.1) is 0 Å². The summed E-state index contributed by atoms with van der Waals surface area (Å²) in [6.45, 7) is 2.48. The Kier molecular flexibility index (Phi) is 5.45. The first-order chi connectivity index (χ1) is 12.2. The van der Waals surface area contributed by atoms with E-state index in [0.717, 1.165) is 37.2 Å². The molecular weight excluding hydrogens is 320 g/mol. The van der Waals surface area contributed by atoms with Crippen molar-refractivity contribution in [1.82, 2.24) is 20.4 Å². The van der Waals surface area contributed by atoms with Crippen LogP contribution in [0.3, 0.4) is 0 Å². The summed E-state index contributed by atoms with van der Waals surface area (Å²) in [5.74, 6) is 0.499. The summed E-state index contributed by atoms with van der Waals surface area (Å²) < 4.78 is 5.32. The largest absolute Gasteiger partial charge is 0.497 e. The van der Waals surface area contributed by atoms with Crippen molar-refractivity contribution in [3.63, 3.8) is 0 Å². The van der Waals surface area contributed by atoms with Crippen molar-refractivity contribution in [1.29, 1.82) is 0 Å². The number of methoxy groups -OCH3 is 1. The molecule has 1 aliphatic heterocycles. The first kappa shape index (κ1) is 17.2. The molecule has 0 bridgehead atoms. The van der Waals surface area contributed by atoms with Crippen molar-refractivity contribution < 1.29 is 9.53 Å². The number of benzene rings is 1. The molecule has 1 saturated heterocycles. The van der Waals surface area contributed by atoms with Gasteiger partial charge in [-0.05, 0) is 49.7 Å². The number of hydrogen-bond acceptors (Lipinski definition) is 5. The smallest absolute Gasteiger partial charge is 0.271 e. The highest BCUT2D eigenvalue weighted by Gasteiger charge is 2.24. The molecule has 1 aromatic heterocycles. The lowest BCUT2D eigenvalue weighted by Crippen LogP contribution is -2.37. The number of nitrogens with one attached hydrogen (secondary N) is 2. The molecule has 1 unspecified atom stereocenters. The lowest BCUT2D eigenvalue weighted by atomic mass is 10.0. The predicted octanol–water partition coefficient (Wildman–Crippen LogP) is 1.35. The minimum atomic E-state index is -0.331. The molecule has 1 amide bonds.